The summed E-state index contributed by atoms with van der Waals surface area (Å²) in [7, 11) is 1.00. The number of carbonyl (C=O) groups excluding carboxylic acids is 1. The average Bonchev–Trinajstić information content (AvgIpc) is 3.09. The Balaban J connectivity index is 0.000000932. The number of rotatable bonds is 1. The summed E-state index contributed by atoms with van der Waals surface area (Å²) in [5, 5.41) is 18.8. The van der Waals surface area contributed by atoms with E-state index in [1.807, 2.05) is 30.3 Å². The first-order valence-corrected chi connectivity index (χ1v) is 9.03. The van der Waals surface area contributed by atoms with Gasteiger partial charge in [0.25, 0.3) is 5.56 Å². The van der Waals surface area contributed by atoms with Crippen molar-refractivity contribution in [2.75, 3.05) is 7.11 Å². The molecule has 2 aromatic heterocycles. The number of esters is 1. The predicted molar refractivity (Wildman–Crippen MR) is 103 cm³/mol. The van der Waals surface area contributed by atoms with Crippen LogP contribution in [0.4, 0.5) is 0 Å². The maximum Gasteiger partial charge on any atom is 0.343 e. The number of aliphatic hydroxyl groups excluding tert-OH is 1. The molecule has 2 aliphatic rings. The number of aromatic nitrogens is 2. The second-order valence-electron chi connectivity index (χ2n) is 6.79. The Morgan fingerprint density at radius 2 is 1.96 bits per heavy atom. The van der Waals surface area contributed by atoms with Crippen molar-refractivity contribution in [1.82, 2.24) is 9.55 Å². The van der Waals surface area contributed by atoms with Crippen LogP contribution in [-0.2, 0) is 28.3 Å². The summed E-state index contributed by atoms with van der Waals surface area (Å²) in [6.07, 6.45) is 0.139. The van der Waals surface area contributed by atoms with E-state index in [4.69, 9.17) is 14.8 Å². The van der Waals surface area contributed by atoms with E-state index in [0.717, 1.165) is 29.3 Å². The van der Waals surface area contributed by atoms with Gasteiger partial charge in [-0.25, -0.2) is 9.78 Å². The highest BCUT2D eigenvalue weighted by Crippen LogP contribution is 2.38. The molecule has 1 unspecified atom stereocenters. The Bertz CT molecular complexity index is 1170. The molecule has 7 heteroatoms. The summed E-state index contributed by atoms with van der Waals surface area (Å²) < 4.78 is 6.72. The summed E-state index contributed by atoms with van der Waals surface area (Å²) >= 11 is 0. The molecule has 0 saturated carbocycles. The average molecular weight is 380 g/mol. The normalized spacial score (nSPS) is 19.2. The van der Waals surface area contributed by atoms with Crippen molar-refractivity contribution in [2.24, 2.45) is 0 Å². The maximum absolute atomic E-state index is 13.0. The van der Waals surface area contributed by atoms with Crippen LogP contribution in [0.15, 0.2) is 41.2 Å². The molecule has 0 fully saturated rings. The number of hydrogen-bond acceptors (Lipinski definition) is 6. The second-order valence-corrected chi connectivity index (χ2v) is 6.79. The highest BCUT2D eigenvalue weighted by molar-refractivity contribution is 5.86. The molecular formula is C21H20N2O5. The van der Waals surface area contributed by atoms with Crippen molar-refractivity contribution in [3.05, 3.63) is 63.4 Å². The molecule has 5 rings (SSSR count). The van der Waals surface area contributed by atoms with E-state index < -0.39 is 11.6 Å². The molecule has 0 spiro atoms. The number of hydrogen-bond donors (Lipinski definition) is 2. The van der Waals surface area contributed by atoms with Crippen molar-refractivity contribution >= 4 is 16.9 Å². The summed E-state index contributed by atoms with van der Waals surface area (Å²) in [5.74, 6) is -0.707. The third kappa shape index (κ3) is 2.40. The maximum atomic E-state index is 13.0. The smallest absolute Gasteiger partial charge is 0.343 e. The van der Waals surface area contributed by atoms with Crippen LogP contribution in [0.25, 0.3) is 22.3 Å². The zero-order chi connectivity index (χ0) is 20.1. The second kappa shape index (κ2) is 6.54. The van der Waals surface area contributed by atoms with Crippen LogP contribution < -0.4 is 5.56 Å². The number of cyclic esters (lactones) is 1. The number of nitrogens with zero attached hydrogens (tertiary/aromatic N) is 2. The molecule has 1 aromatic carbocycles. The topological polar surface area (TPSA) is 102 Å². The molecule has 144 valence electrons. The Morgan fingerprint density at radius 3 is 2.71 bits per heavy atom. The summed E-state index contributed by atoms with van der Waals surface area (Å²) in [5.41, 5.74) is 1.81. The Labute approximate surface area is 160 Å². The molecule has 2 aliphatic heterocycles. The molecule has 1 atom stereocenters. The van der Waals surface area contributed by atoms with E-state index in [2.05, 4.69) is 0 Å². The largest absolute Gasteiger partial charge is 0.458 e. The lowest BCUT2D eigenvalue weighted by Gasteiger charge is -2.31. The lowest BCUT2D eigenvalue weighted by Crippen LogP contribution is -2.44. The van der Waals surface area contributed by atoms with E-state index in [9.17, 15) is 14.7 Å². The van der Waals surface area contributed by atoms with E-state index in [1.165, 1.54) is 0 Å². The monoisotopic (exact) mass is 380 g/mol. The first kappa shape index (κ1) is 18.3. The van der Waals surface area contributed by atoms with Gasteiger partial charge >= 0.3 is 5.97 Å². The van der Waals surface area contributed by atoms with E-state index in [-0.39, 0.29) is 18.6 Å². The number of ether oxygens (including phenoxy) is 1. The van der Waals surface area contributed by atoms with E-state index >= 15 is 0 Å². The van der Waals surface area contributed by atoms with Gasteiger partial charge in [0, 0.05) is 23.6 Å². The number of pyridine rings is 2. The van der Waals surface area contributed by atoms with Crippen LogP contribution in [0, 0.1) is 0 Å². The van der Waals surface area contributed by atoms with Gasteiger partial charge in [0.1, 0.15) is 6.61 Å². The molecule has 28 heavy (non-hydrogen) atoms. The molecule has 0 saturated heterocycles. The van der Waals surface area contributed by atoms with Gasteiger partial charge in [-0.05, 0) is 24.6 Å². The molecule has 7 nitrogen and oxygen atoms in total. The minimum atomic E-state index is -1.79. The van der Waals surface area contributed by atoms with Crippen molar-refractivity contribution < 1.29 is 19.7 Å². The fourth-order valence-electron chi connectivity index (χ4n) is 3.93. The van der Waals surface area contributed by atoms with Crippen LogP contribution in [0.1, 0.15) is 30.0 Å². The van der Waals surface area contributed by atoms with Crippen molar-refractivity contribution in [1.29, 1.82) is 0 Å². The zero-order valence-electron chi connectivity index (χ0n) is 15.6. The van der Waals surface area contributed by atoms with Crippen LogP contribution in [0.5, 0.6) is 0 Å². The SMILES string of the molecule is CCC1(O)C(=O)OCc2c1cc1n(c2=O)Cc2cc3ccccc3nc2-1.CO. The molecule has 3 aromatic rings. The highest BCUT2D eigenvalue weighted by Gasteiger charge is 2.45. The summed E-state index contributed by atoms with van der Waals surface area (Å²) in [4.78, 5) is 29.9. The predicted octanol–water partition coefficient (Wildman–Crippen LogP) is 1.69. The number of fused-ring (bicyclic) bond motifs is 5. The van der Waals surface area contributed by atoms with Gasteiger partial charge < -0.3 is 19.5 Å². The fraction of sp³-hybridized carbons (Fsp3) is 0.286. The standard InChI is InChI=1S/C20H16N2O4.CH4O/c1-2-20(25)14-8-16-17-12(7-11-5-3-4-6-15(11)21-17)9-22(16)18(23)13(14)10-26-19(20)24;1-2/h3-8,25H,2,9-10H2,1H3;2H,1H3. The van der Waals surface area contributed by atoms with Crippen LogP contribution in [-0.4, -0.2) is 32.8 Å². The molecule has 4 heterocycles. The number of aliphatic hydroxyl groups is 2. The van der Waals surface area contributed by atoms with Crippen LogP contribution in [0.2, 0.25) is 0 Å². The van der Waals surface area contributed by atoms with Crippen LogP contribution in [0.3, 0.4) is 0 Å². The third-order valence-electron chi connectivity index (χ3n) is 5.42. The summed E-state index contributed by atoms with van der Waals surface area (Å²) in [6, 6.07) is 11.6. The van der Waals surface area contributed by atoms with Crippen molar-refractivity contribution in [3.63, 3.8) is 0 Å². The third-order valence-corrected chi connectivity index (χ3v) is 5.42. The van der Waals surface area contributed by atoms with Crippen molar-refractivity contribution in [2.45, 2.75) is 32.1 Å². The first-order chi connectivity index (χ1) is 13.5. The van der Waals surface area contributed by atoms with Gasteiger partial charge in [-0.1, -0.05) is 25.1 Å². The van der Waals surface area contributed by atoms with Crippen molar-refractivity contribution in [3.8, 4) is 11.4 Å². The van der Waals surface area contributed by atoms with Gasteiger partial charge in [-0.3, -0.25) is 4.79 Å². The minimum Gasteiger partial charge on any atom is -0.458 e. The Morgan fingerprint density at radius 1 is 1.21 bits per heavy atom. The quantitative estimate of drug-likeness (QED) is 0.487. The lowest BCUT2D eigenvalue weighted by atomic mass is 9.86. The van der Waals surface area contributed by atoms with Gasteiger partial charge in [0.05, 0.1) is 29.0 Å². The van der Waals surface area contributed by atoms with Gasteiger partial charge in [0.2, 0.25) is 0 Å². The molecule has 2 N–H and O–H groups in total. The minimum absolute atomic E-state index is 0.110. The number of para-hydroxylation sites is 1. The number of benzene rings is 1. The Hall–Kier alpha value is -3.03. The lowest BCUT2D eigenvalue weighted by molar-refractivity contribution is -0.172. The molecule has 0 amide bonds. The van der Waals surface area contributed by atoms with Crippen LogP contribution >= 0.6 is 0 Å². The molecular weight excluding hydrogens is 360 g/mol. The van der Waals surface area contributed by atoms with Gasteiger partial charge in [0.15, 0.2) is 5.60 Å². The molecule has 0 radical (unpaired) electrons. The van der Waals surface area contributed by atoms with Gasteiger partial charge in [-0.15, -0.1) is 0 Å². The zero-order valence-corrected chi connectivity index (χ0v) is 15.6. The summed E-state index contributed by atoms with van der Waals surface area (Å²) in [6.45, 7) is 2.01. The fourth-order valence-corrected chi connectivity index (χ4v) is 3.93. The van der Waals surface area contributed by atoms with Gasteiger partial charge in [-0.2, -0.15) is 0 Å². The van der Waals surface area contributed by atoms with E-state index in [1.54, 1.807) is 17.6 Å². The van der Waals surface area contributed by atoms with E-state index in [0.29, 0.717) is 23.4 Å². The highest BCUT2D eigenvalue weighted by atomic mass is 16.6. The molecule has 0 aliphatic carbocycles. The Kier molecular flexibility index (Phi) is 4.28. The number of carbonyl (C=O) groups is 1. The molecule has 0 bridgehead atoms. The first-order valence-electron chi connectivity index (χ1n) is 9.03.